The second-order valence-electron chi connectivity index (χ2n) is 5.63. The quantitative estimate of drug-likeness (QED) is 0.636. The minimum atomic E-state index is 0.587. The van der Waals surface area contributed by atoms with Crippen molar-refractivity contribution in [2.45, 2.75) is 20.1 Å². The molecule has 3 aromatic rings. The van der Waals surface area contributed by atoms with Crippen molar-refractivity contribution < 1.29 is 9.64 Å². The number of H-pyrrole nitrogens is 1. The minimum Gasteiger partial charge on any atom is -0.494 e. The van der Waals surface area contributed by atoms with Crippen LogP contribution in [0.2, 0.25) is 0 Å². The Hall–Kier alpha value is -1.96. The van der Waals surface area contributed by atoms with Crippen molar-refractivity contribution in [3.05, 3.63) is 52.1 Å². The molecule has 2 heterocycles. The van der Waals surface area contributed by atoms with Gasteiger partial charge in [-0.15, -0.1) is 11.3 Å². The molecule has 2 N–H and O–H groups in total. The summed E-state index contributed by atoms with van der Waals surface area (Å²) in [5.41, 5.74) is 1.26. The van der Waals surface area contributed by atoms with Gasteiger partial charge in [-0.3, -0.25) is 5.10 Å². The highest BCUT2D eigenvalue weighted by molar-refractivity contribution is 7.71. The molecule has 0 radical (unpaired) electrons. The third kappa shape index (κ3) is 4.11. The number of nitrogens with zero attached hydrogens (tertiary/aromatic N) is 2. The van der Waals surface area contributed by atoms with Crippen LogP contribution in [0.5, 0.6) is 5.75 Å². The van der Waals surface area contributed by atoms with E-state index in [-0.39, 0.29) is 0 Å². The third-order valence-electron chi connectivity index (χ3n) is 3.60. The lowest BCUT2D eigenvalue weighted by atomic mass is 10.2. The standard InChI is InChI=1S/C17H20N4OS2/c1-3-22-14-8-6-13(7-9-14)11-20(2)12-21-17(23)18-16(19-21)15-5-4-10-24-15/h4-10H,3,11-12H2,1-2H3,(H,18,19,23)/p+1. The highest BCUT2D eigenvalue weighted by Crippen LogP contribution is 2.20. The minimum absolute atomic E-state index is 0.587. The van der Waals surface area contributed by atoms with Gasteiger partial charge in [0.05, 0.1) is 18.5 Å². The Bertz CT molecular complexity index is 821. The maximum atomic E-state index is 5.48. The number of aromatic nitrogens is 3. The summed E-state index contributed by atoms with van der Waals surface area (Å²) in [6, 6.07) is 12.3. The zero-order valence-corrected chi connectivity index (χ0v) is 15.4. The van der Waals surface area contributed by atoms with E-state index in [0.717, 1.165) is 29.7 Å². The van der Waals surface area contributed by atoms with Crippen LogP contribution in [-0.4, -0.2) is 28.4 Å². The zero-order chi connectivity index (χ0) is 16.9. The lowest BCUT2D eigenvalue weighted by Gasteiger charge is -2.14. The summed E-state index contributed by atoms with van der Waals surface area (Å²) in [5.74, 6) is 1.75. The van der Waals surface area contributed by atoms with Gasteiger partial charge in [-0.1, -0.05) is 6.07 Å². The molecule has 0 saturated heterocycles. The van der Waals surface area contributed by atoms with Crippen LogP contribution in [-0.2, 0) is 13.2 Å². The van der Waals surface area contributed by atoms with Gasteiger partial charge in [0.2, 0.25) is 4.77 Å². The summed E-state index contributed by atoms with van der Waals surface area (Å²) in [5, 5.41) is 5.33. The number of hydrogen-bond donors (Lipinski definition) is 2. The fraction of sp³-hybridized carbons (Fsp3) is 0.294. The van der Waals surface area contributed by atoms with Crippen LogP contribution in [0.4, 0.5) is 0 Å². The van der Waals surface area contributed by atoms with E-state index in [1.54, 1.807) is 11.3 Å². The summed E-state index contributed by atoms with van der Waals surface area (Å²) in [6.45, 7) is 4.32. The number of thiophene rings is 1. The first-order valence-electron chi connectivity index (χ1n) is 7.89. The number of nitrogens with one attached hydrogen (secondary N) is 2. The number of aromatic amines is 1. The molecule has 7 heteroatoms. The Balaban J connectivity index is 1.64. The van der Waals surface area contributed by atoms with Crippen LogP contribution in [0.3, 0.4) is 0 Å². The molecule has 0 aliphatic carbocycles. The molecule has 5 nitrogen and oxygen atoms in total. The molecule has 0 spiro atoms. The Morgan fingerprint density at radius 1 is 1.29 bits per heavy atom. The van der Waals surface area contributed by atoms with Gasteiger partial charge in [-0.2, -0.15) is 4.98 Å². The smallest absolute Gasteiger partial charge is 0.221 e. The molecule has 1 unspecified atom stereocenters. The highest BCUT2D eigenvalue weighted by Gasteiger charge is 2.10. The topological polar surface area (TPSA) is 47.3 Å². The van der Waals surface area contributed by atoms with Crippen molar-refractivity contribution in [3.63, 3.8) is 0 Å². The predicted molar refractivity (Wildman–Crippen MR) is 98.9 cm³/mol. The second-order valence-corrected chi connectivity index (χ2v) is 6.94. The maximum absolute atomic E-state index is 5.48. The summed E-state index contributed by atoms with van der Waals surface area (Å²) < 4.78 is 7.99. The van der Waals surface area contributed by atoms with Crippen molar-refractivity contribution in [1.29, 1.82) is 0 Å². The van der Waals surface area contributed by atoms with Gasteiger partial charge in [0.1, 0.15) is 12.3 Å². The first kappa shape index (κ1) is 16.9. The van der Waals surface area contributed by atoms with E-state index in [9.17, 15) is 0 Å². The molecule has 0 saturated carbocycles. The van der Waals surface area contributed by atoms with Gasteiger partial charge in [-0.25, -0.2) is 4.68 Å². The number of quaternary nitrogens is 1. The molecule has 1 atom stereocenters. The number of ether oxygens (including phenoxy) is 1. The van der Waals surface area contributed by atoms with Crippen molar-refractivity contribution in [2.75, 3.05) is 13.7 Å². The van der Waals surface area contributed by atoms with Crippen LogP contribution < -0.4 is 9.64 Å². The van der Waals surface area contributed by atoms with Gasteiger partial charge in [0.25, 0.3) is 0 Å². The van der Waals surface area contributed by atoms with Crippen molar-refractivity contribution >= 4 is 23.6 Å². The molecule has 0 fully saturated rings. The van der Waals surface area contributed by atoms with Crippen molar-refractivity contribution in [1.82, 2.24) is 14.8 Å². The fourth-order valence-electron chi connectivity index (χ4n) is 2.53. The summed E-state index contributed by atoms with van der Waals surface area (Å²) in [6.07, 6.45) is 0. The average molecular weight is 362 g/mol. The average Bonchev–Trinajstić information content (AvgIpc) is 3.20. The lowest BCUT2D eigenvalue weighted by Crippen LogP contribution is -3.07. The second kappa shape index (κ2) is 7.74. The fourth-order valence-corrected chi connectivity index (χ4v) is 3.40. The number of rotatable bonds is 7. The summed E-state index contributed by atoms with van der Waals surface area (Å²) in [7, 11) is 2.14. The van der Waals surface area contributed by atoms with E-state index < -0.39 is 0 Å². The Morgan fingerprint density at radius 3 is 2.75 bits per heavy atom. The highest BCUT2D eigenvalue weighted by atomic mass is 32.1. The van der Waals surface area contributed by atoms with Crippen LogP contribution in [0.15, 0.2) is 41.8 Å². The van der Waals surface area contributed by atoms with Crippen LogP contribution in [0.25, 0.3) is 10.7 Å². The van der Waals surface area contributed by atoms with E-state index in [1.165, 1.54) is 10.5 Å². The van der Waals surface area contributed by atoms with Crippen LogP contribution in [0, 0.1) is 4.77 Å². The number of hydrogen-bond acceptors (Lipinski definition) is 4. The van der Waals surface area contributed by atoms with Gasteiger partial charge >= 0.3 is 0 Å². The SMILES string of the molecule is CCOc1ccc(C[NH+](C)Cn2[nH]c(-c3cccs3)nc2=S)cc1. The normalized spacial score (nSPS) is 12.2. The lowest BCUT2D eigenvalue weighted by molar-refractivity contribution is -0.917. The van der Waals surface area contributed by atoms with Crippen molar-refractivity contribution in [3.8, 4) is 16.5 Å². The molecular weight excluding hydrogens is 340 g/mol. The molecule has 0 aliphatic rings. The van der Waals surface area contributed by atoms with E-state index in [1.807, 2.05) is 41.3 Å². The van der Waals surface area contributed by atoms with Crippen LogP contribution in [0.1, 0.15) is 12.5 Å². The largest absolute Gasteiger partial charge is 0.494 e. The Labute approximate surface area is 150 Å². The van der Waals surface area contributed by atoms with Gasteiger partial charge in [-0.05, 0) is 54.9 Å². The van der Waals surface area contributed by atoms with Crippen molar-refractivity contribution in [2.24, 2.45) is 0 Å². The Morgan fingerprint density at radius 2 is 2.08 bits per heavy atom. The van der Waals surface area contributed by atoms with E-state index >= 15 is 0 Å². The molecule has 24 heavy (non-hydrogen) atoms. The molecule has 1 aromatic carbocycles. The molecule has 2 aromatic heterocycles. The Kier molecular flexibility index (Phi) is 5.44. The predicted octanol–water partition coefficient (Wildman–Crippen LogP) is 2.74. The molecule has 0 aliphatic heterocycles. The first-order chi connectivity index (χ1) is 11.7. The molecule has 126 valence electrons. The van der Waals surface area contributed by atoms with E-state index in [0.29, 0.717) is 11.4 Å². The van der Waals surface area contributed by atoms with E-state index in [2.05, 4.69) is 29.3 Å². The maximum Gasteiger partial charge on any atom is 0.221 e. The summed E-state index contributed by atoms with van der Waals surface area (Å²) >= 11 is 7.02. The monoisotopic (exact) mass is 361 g/mol. The summed E-state index contributed by atoms with van der Waals surface area (Å²) in [4.78, 5) is 6.87. The van der Waals surface area contributed by atoms with Gasteiger partial charge < -0.3 is 9.64 Å². The van der Waals surface area contributed by atoms with E-state index in [4.69, 9.17) is 17.0 Å². The van der Waals surface area contributed by atoms with Crippen LogP contribution >= 0.6 is 23.6 Å². The molecular formula is C17H21N4OS2+. The molecule has 3 rings (SSSR count). The van der Waals surface area contributed by atoms with Gasteiger partial charge in [0, 0.05) is 5.56 Å². The van der Waals surface area contributed by atoms with Gasteiger partial charge in [0.15, 0.2) is 12.5 Å². The zero-order valence-electron chi connectivity index (χ0n) is 13.8. The third-order valence-corrected chi connectivity index (χ3v) is 4.79. The first-order valence-corrected chi connectivity index (χ1v) is 9.18. The number of benzene rings is 1. The molecule has 0 amide bonds. The molecule has 0 bridgehead atoms.